The van der Waals surface area contributed by atoms with E-state index in [2.05, 4.69) is 16.5 Å². The van der Waals surface area contributed by atoms with E-state index in [9.17, 15) is 14.9 Å². The van der Waals surface area contributed by atoms with Crippen molar-refractivity contribution in [3.8, 4) is 17.2 Å². The van der Waals surface area contributed by atoms with Gasteiger partial charge in [-0.2, -0.15) is 10.4 Å². The molecular formula is C30H20Cl2N4O3. The lowest BCUT2D eigenvalue weighted by atomic mass is 9.98. The Hall–Kier alpha value is -4.64. The van der Waals surface area contributed by atoms with E-state index >= 15 is 0 Å². The Morgan fingerprint density at radius 2 is 1.67 bits per heavy atom. The zero-order valence-corrected chi connectivity index (χ0v) is 21.9. The van der Waals surface area contributed by atoms with Gasteiger partial charge < -0.3 is 10.4 Å². The van der Waals surface area contributed by atoms with Gasteiger partial charge in [0, 0.05) is 22.0 Å². The summed E-state index contributed by atoms with van der Waals surface area (Å²) < 4.78 is 1.73. The van der Waals surface area contributed by atoms with Gasteiger partial charge in [-0.25, -0.2) is 4.79 Å². The zero-order chi connectivity index (χ0) is 27.5. The summed E-state index contributed by atoms with van der Waals surface area (Å²) in [6.07, 6.45) is 1.69. The van der Waals surface area contributed by atoms with E-state index < -0.39 is 5.97 Å². The third kappa shape index (κ3) is 5.78. The smallest absolute Gasteiger partial charge is 0.335 e. The van der Waals surface area contributed by atoms with Gasteiger partial charge in [-0.15, -0.1) is 0 Å². The largest absolute Gasteiger partial charge is 0.478 e. The van der Waals surface area contributed by atoms with Crippen LogP contribution in [0.1, 0.15) is 37.4 Å². The summed E-state index contributed by atoms with van der Waals surface area (Å²) in [5, 5.41) is 27.7. The Morgan fingerprint density at radius 1 is 0.923 bits per heavy atom. The van der Waals surface area contributed by atoms with E-state index in [4.69, 9.17) is 28.3 Å². The second kappa shape index (κ2) is 11.0. The highest BCUT2D eigenvalue weighted by Crippen LogP contribution is 2.30. The quantitative estimate of drug-likeness (QED) is 0.237. The predicted molar refractivity (Wildman–Crippen MR) is 150 cm³/mol. The molecule has 0 saturated carbocycles. The average Bonchev–Trinajstić information content (AvgIpc) is 3.33. The SMILES string of the molecule is N#Cc1cccc(-c2cc(C(=O)NCc3ccc(C(=O)O)cc3)c3c(cnn3Cc3cc(Cl)cc(Cl)c3)c2)c1. The number of carboxylic acid groups (broad SMARTS) is 1. The molecule has 0 atom stereocenters. The molecule has 1 aromatic heterocycles. The van der Waals surface area contributed by atoms with Crippen molar-refractivity contribution in [3.05, 3.63) is 123 Å². The van der Waals surface area contributed by atoms with Crippen molar-refractivity contribution in [3.63, 3.8) is 0 Å². The van der Waals surface area contributed by atoms with Gasteiger partial charge >= 0.3 is 5.97 Å². The Labute approximate surface area is 233 Å². The molecule has 5 aromatic rings. The van der Waals surface area contributed by atoms with Crippen LogP contribution >= 0.6 is 23.2 Å². The number of fused-ring (bicyclic) bond motifs is 1. The number of hydrogen-bond acceptors (Lipinski definition) is 4. The molecule has 0 aliphatic carbocycles. The fourth-order valence-corrected chi connectivity index (χ4v) is 4.95. The number of aromatic nitrogens is 2. The molecular weight excluding hydrogens is 535 g/mol. The first-order valence-corrected chi connectivity index (χ1v) is 12.6. The molecule has 0 bridgehead atoms. The number of rotatable bonds is 7. The molecule has 0 radical (unpaired) electrons. The second-order valence-electron chi connectivity index (χ2n) is 8.92. The van der Waals surface area contributed by atoms with Gasteiger partial charge in [0.15, 0.2) is 0 Å². The van der Waals surface area contributed by atoms with Crippen molar-refractivity contribution >= 4 is 46.0 Å². The molecule has 0 spiro atoms. The van der Waals surface area contributed by atoms with Gasteiger partial charge in [0.25, 0.3) is 5.91 Å². The van der Waals surface area contributed by atoms with Crippen LogP contribution in [0, 0.1) is 11.3 Å². The van der Waals surface area contributed by atoms with Crippen LogP contribution in [0.4, 0.5) is 0 Å². The monoisotopic (exact) mass is 554 g/mol. The number of carbonyl (C=O) groups is 2. The van der Waals surface area contributed by atoms with Gasteiger partial charge in [-0.3, -0.25) is 9.48 Å². The lowest BCUT2D eigenvalue weighted by Gasteiger charge is -2.13. The van der Waals surface area contributed by atoms with Crippen molar-refractivity contribution in [1.82, 2.24) is 15.1 Å². The molecule has 1 heterocycles. The van der Waals surface area contributed by atoms with Gasteiger partial charge in [-0.05, 0) is 76.9 Å². The first kappa shape index (κ1) is 26.0. The number of aromatic carboxylic acids is 1. The summed E-state index contributed by atoms with van der Waals surface area (Å²) >= 11 is 12.4. The molecule has 0 aliphatic rings. The molecule has 2 N–H and O–H groups in total. The van der Waals surface area contributed by atoms with E-state index in [0.717, 1.165) is 27.6 Å². The van der Waals surface area contributed by atoms with E-state index in [0.29, 0.717) is 33.2 Å². The van der Waals surface area contributed by atoms with Crippen LogP contribution in [-0.2, 0) is 13.1 Å². The number of amides is 1. The number of nitrogens with one attached hydrogen (secondary N) is 1. The minimum absolute atomic E-state index is 0.170. The number of hydrogen-bond donors (Lipinski definition) is 2. The number of carboxylic acids is 1. The van der Waals surface area contributed by atoms with Crippen LogP contribution in [0.2, 0.25) is 10.0 Å². The Kier molecular flexibility index (Phi) is 7.33. The molecule has 1 amide bonds. The van der Waals surface area contributed by atoms with Crippen LogP contribution in [0.15, 0.2) is 85.1 Å². The number of halogens is 2. The highest BCUT2D eigenvalue weighted by molar-refractivity contribution is 6.34. The Morgan fingerprint density at radius 3 is 2.36 bits per heavy atom. The molecule has 9 heteroatoms. The predicted octanol–water partition coefficient (Wildman–Crippen LogP) is 6.56. The number of nitrogens with zero attached hydrogens (tertiary/aromatic N) is 3. The minimum Gasteiger partial charge on any atom is -0.478 e. The van der Waals surface area contributed by atoms with Crippen LogP contribution in [-0.4, -0.2) is 26.8 Å². The highest BCUT2D eigenvalue weighted by atomic mass is 35.5. The summed E-state index contributed by atoms with van der Waals surface area (Å²) in [6.45, 7) is 0.538. The van der Waals surface area contributed by atoms with Crippen molar-refractivity contribution in [2.75, 3.05) is 0 Å². The van der Waals surface area contributed by atoms with E-state index in [-0.39, 0.29) is 18.0 Å². The molecule has 4 aromatic carbocycles. The maximum Gasteiger partial charge on any atom is 0.335 e. The maximum atomic E-state index is 13.6. The standard InChI is InChI=1S/C30H20Cl2N4O3/c31-25-9-20(10-26(32)13-25)17-36-28-24(16-35-36)11-23(22-3-1-2-19(8-22)14-33)12-27(28)29(37)34-15-18-4-6-21(7-5-18)30(38)39/h1-13,16H,15,17H2,(H,34,37)(H,38,39). The van der Waals surface area contributed by atoms with E-state index in [1.807, 2.05) is 12.1 Å². The molecule has 192 valence electrons. The third-order valence-corrected chi connectivity index (χ3v) is 6.65. The highest BCUT2D eigenvalue weighted by Gasteiger charge is 2.18. The Balaban J connectivity index is 1.54. The maximum absolute atomic E-state index is 13.6. The van der Waals surface area contributed by atoms with Crippen molar-refractivity contribution < 1.29 is 14.7 Å². The van der Waals surface area contributed by atoms with Gasteiger partial charge in [-0.1, -0.05) is 47.5 Å². The Bertz CT molecular complexity index is 1750. The van der Waals surface area contributed by atoms with E-state index in [1.54, 1.807) is 65.5 Å². The fraction of sp³-hybridized carbons (Fsp3) is 0.0667. The van der Waals surface area contributed by atoms with Crippen molar-refractivity contribution in [2.45, 2.75) is 13.1 Å². The molecule has 39 heavy (non-hydrogen) atoms. The molecule has 0 saturated heterocycles. The average molecular weight is 555 g/mol. The number of carbonyl (C=O) groups excluding carboxylic acids is 1. The van der Waals surface area contributed by atoms with Crippen LogP contribution in [0.5, 0.6) is 0 Å². The number of nitriles is 1. The van der Waals surface area contributed by atoms with Crippen LogP contribution < -0.4 is 5.32 Å². The lowest BCUT2D eigenvalue weighted by molar-refractivity contribution is 0.0696. The van der Waals surface area contributed by atoms with Gasteiger partial charge in [0.05, 0.1) is 41.0 Å². The topological polar surface area (TPSA) is 108 Å². The number of benzene rings is 4. The normalized spacial score (nSPS) is 10.8. The van der Waals surface area contributed by atoms with Gasteiger partial charge in [0.2, 0.25) is 0 Å². The summed E-state index contributed by atoms with van der Waals surface area (Å²) in [6, 6.07) is 24.6. The van der Waals surface area contributed by atoms with Crippen LogP contribution in [0.25, 0.3) is 22.0 Å². The first-order chi connectivity index (χ1) is 18.8. The minimum atomic E-state index is -1.01. The molecule has 7 nitrogen and oxygen atoms in total. The third-order valence-electron chi connectivity index (χ3n) is 6.21. The van der Waals surface area contributed by atoms with Crippen molar-refractivity contribution in [2.24, 2.45) is 0 Å². The van der Waals surface area contributed by atoms with E-state index in [1.165, 1.54) is 12.1 Å². The molecule has 0 aliphatic heterocycles. The van der Waals surface area contributed by atoms with Crippen LogP contribution in [0.3, 0.4) is 0 Å². The molecule has 0 fully saturated rings. The fourth-order valence-electron chi connectivity index (χ4n) is 4.38. The lowest BCUT2D eigenvalue weighted by Crippen LogP contribution is -2.24. The van der Waals surface area contributed by atoms with Gasteiger partial charge in [0.1, 0.15) is 0 Å². The molecule has 5 rings (SSSR count). The first-order valence-electron chi connectivity index (χ1n) is 11.9. The summed E-state index contributed by atoms with van der Waals surface area (Å²) in [5.74, 6) is -1.34. The summed E-state index contributed by atoms with van der Waals surface area (Å²) in [5.41, 5.74) is 4.85. The summed E-state index contributed by atoms with van der Waals surface area (Å²) in [4.78, 5) is 24.7. The molecule has 0 unspecified atom stereocenters. The zero-order valence-electron chi connectivity index (χ0n) is 20.4. The summed E-state index contributed by atoms with van der Waals surface area (Å²) in [7, 11) is 0. The second-order valence-corrected chi connectivity index (χ2v) is 9.79. The van der Waals surface area contributed by atoms with Crippen molar-refractivity contribution in [1.29, 1.82) is 5.26 Å².